The molecule has 1 amide bonds. The third kappa shape index (κ3) is 5.95. The molecule has 0 aliphatic carbocycles. The van der Waals surface area contributed by atoms with Crippen molar-refractivity contribution in [3.63, 3.8) is 0 Å². The number of aliphatic carboxylic acids is 1. The molecule has 0 aliphatic heterocycles. The zero-order valence-corrected chi connectivity index (χ0v) is 13.5. The van der Waals surface area contributed by atoms with Gasteiger partial charge in [0.25, 0.3) is 0 Å². The van der Waals surface area contributed by atoms with Gasteiger partial charge in [0.1, 0.15) is 0 Å². The summed E-state index contributed by atoms with van der Waals surface area (Å²) in [5.41, 5.74) is -1.41. The third-order valence-electron chi connectivity index (χ3n) is 2.73. The fourth-order valence-corrected chi connectivity index (χ4v) is 2.58. The lowest BCUT2D eigenvalue weighted by Crippen LogP contribution is -2.55. The van der Waals surface area contributed by atoms with Crippen LogP contribution in [0.25, 0.3) is 0 Å². The minimum Gasteiger partial charge on any atom is -0.479 e. The van der Waals surface area contributed by atoms with Gasteiger partial charge in [0.15, 0.2) is 5.54 Å². The molecule has 1 aromatic rings. The third-order valence-corrected chi connectivity index (χ3v) is 4.00. The molecule has 1 unspecified atom stereocenters. The summed E-state index contributed by atoms with van der Waals surface area (Å²) in [4.78, 5) is 24.0. The second kappa shape index (κ2) is 8.26. The number of thioether (sulfide) groups is 1. The van der Waals surface area contributed by atoms with Gasteiger partial charge in [-0.05, 0) is 31.2 Å². The van der Waals surface area contributed by atoms with E-state index in [-0.39, 0.29) is 18.9 Å². The Kier molecular flexibility index (Phi) is 7.01. The lowest BCUT2D eigenvalue weighted by Gasteiger charge is -2.25. The molecule has 1 atom stereocenters. The van der Waals surface area contributed by atoms with Gasteiger partial charge in [0, 0.05) is 29.2 Å². The Hall–Kier alpha value is -1.24. The van der Waals surface area contributed by atoms with Crippen LogP contribution in [-0.2, 0) is 14.3 Å². The second-order valence-corrected chi connectivity index (χ2v) is 6.28. The predicted molar refractivity (Wildman–Crippen MR) is 82.9 cm³/mol. The summed E-state index contributed by atoms with van der Waals surface area (Å²) in [5.74, 6) is -0.891. The maximum absolute atomic E-state index is 11.8. The van der Waals surface area contributed by atoms with E-state index in [1.807, 2.05) is 12.1 Å². The van der Waals surface area contributed by atoms with Crippen molar-refractivity contribution in [2.24, 2.45) is 0 Å². The van der Waals surface area contributed by atoms with E-state index in [4.69, 9.17) is 21.4 Å². The molecule has 0 radical (unpaired) electrons. The molecule has 0 spiro atoms. The SMILES string of the molecule is COCC(C)(NC(=O)CCSc1ccc(Cl)cc1)C(=O)O. The van der Waals surface area contributed by atoms with Gasteiger partial charge in [-0.1, -0.05) is 11.6 Å². The van der Waals surface area contributed by atoms with E-state index in [1.54, 1.807) is 12.1 Å². The summed E-state index contributed by atoms with van der Waals surface area (Å²) in [7, 11) is 1.39. The van der Waals surface area contributed by atoms with Crippen molar-refractivity contribution in [1.29, 1.82) is 0 Å². The standard InChI is InChI=1S/C14H18ClNO4S/c1-14(9-20-2,13(18)19)16-12(17)7-8-21-11-5-3-10(15)4-6-11/h3-6H,7-9H2,1-2H3,(H,16,17)(H,18,19). The molecule has 1 aromatic carbocycles. The minimum absolute atomic E-state index is 0.0849. The average molecular weight is 332 g/mol. The van der Waals surface area contributed by atoms with Gasteiger partial charge in [0.05, 0.1) is 6.61 Å². The zero-order valence-electron chi connectivity index (χ0n) is 11.9. The largest absolute Gasteiger partial charge is 0.479 e. The first kappa shape index (κ1) is 17.8. The van der Waals surface area contributed by atoms with Crippen molar-refractivity contribution >= 4 is 35.2 Å². The molecule has 0 bridgehead atoms. The van der Waals surface area contributed by atoms with Crippen LogP contribution in [0.15, 0.2) is 29.2 Å². The van der Waals surface area contributed by atoms with Crippen LogP contribution in [0.3, 0.4) is 0 Å². The van der Waals surface area contributed by atoms with Crippen molar-refractivity contribution < 1.29 is 19.4 Å². The van der Waals surface area contributed by atoms with Gasteiger partial charge in [0.2, 0.25) is 5.91 Å². The number of carboxylic acid groups (broad SMARTS) is 1. The van der Waals surface area contributed by atoms with Gasteiger partial charge in [-0.2, -0.15) is 0 Å². The maximum Gasteiger partial charge on any atom is 0.331 e. The van der Waals surface area contributed by atoms with E-state index >= 15 is 0 Å². The number of carboxylic acids is 1. The van der Waals surface area contributed by atoms with Gasteiger partial charge in [-0.3, -0.25) is 4.79 Å². The maximum atomic E-state index is 11.8. The highest BCUT2D eigenvalue weighted by Crippen LogP contribution is 2.21. The molecule has 0 aliphatic rings. The summed E-state index contributed by atoms with van der Waals surface area (Å²) >= 11 is 7.29. The molecule has 1 rings (SSSR count). The Bertz CT molecular complexity index is 494. The zero-order chi connectivity index (χ0) is 15.9. The number of carbonyl (C=O) groups is 2. The van der Waals surface area contributed by atoms with Crippen molar-refractivity contribution in [3.8, 4) is 0 Å². The molecular weight excluding hydrogens is 314 g/mol. The lowest BCUT2D eigenvalue weighted by atomic mass is 10.0. The first-order valence-corrected chi connectivity index (χ1v) is 7.65. The monoisotopic (exact) mass is 331 g/mol. The van der Waals surface area contributed by atoms with Gasteiger partial charge >= 0.3 is 5.97 Å². The predicted octanol–water partition coefficient (Wildman–Crippen LogP) is 2.43. The van der Waals surface area contributed by atoms with Crippen LogP contribution in [0.1, 0.15) is 13.3 Å². The van der Waals surface area contributed by atoms with Crippen molar-refractivity contribution in [2.75, 3.05) is 19.5 Å². The van der Waals surface area contributed by atoms with Gasteiger partial charge in [-0.25, -0.2) is 4.79 Å². The molecular formula is C14H18ClNO4S. The molecule has 7 heteroatoms. The van der Waals surface area contributed by atoms with Gasteiger partial charge < -0.3 is 15.2 Å². The summed E-state index contributed by atoms with van der Waals surface area (Å²) in [5, 5.41) is 12.3. The molecule has 0 saturated carbocycles. The Labute approximate surface area is 133 Å². The van der Waals surface area contributed by atoms with Crippen LogP contribution in [0.5, 0.6) is 0 Å². The second-order valence-electron chi connectivity index (χ2n) is 4.67. The number of hydrogen-bond donors (Lipinski definition) is 2. The minimum atomic E-state index is -1.41. The highest BCUT2D eigenvalue weighted by atomic mass is 35.5. The Morgan fingerprint density at radius 1 is 1.38 bits per heavy atom. The van der Waals surface area contributed by atoms with Crippen LogP contribution >= 0.6 is 23.4 Å². The molecule has 116 valence electrons. The first-order valence-electron chi connectivity index (χ1n) is 6.29. The van der Waals surface area contributed by atoms with Crippen molar-refractivity contribution in [1.82, 2.24) is 5.32 Å². The summed E-state index contributed by atoms with van der Waals surface area (Å²) < 4.78 is 4.84. The smallest absolute Gasteiger partial charge is 0.331 e. The van der Waals surface area contributed by atoms with E-state index in [1.165, 1.54) is 25.8 Å². The quantitative estimate of drug-likeness (QED) is 0.715. The number of carbonyl (C=O) groups excluding carboxylic acids is 1. The van der Waals surface area contributed by atoms with Crippen molar-refractivity contribution in [2.45, 2.75) is 23.8 Å². The van der Waals surface area contributed by atoms with E-state index in [2.05, 4.69) is 5.32 Å². The van der Waals surface area contributed by atoms with E-state index < -0.39 is 11.5 Å². The van der Waals surface area contributed by atoms with Crippen LogP contribution in [0.4, 0.5) is 0 Å². The molecule has 2 N–H and O–H groups in total. The molecule has 0 heterocycles. The molecule has 0 saturated heterocycles. The number of hydrogen-bond acceptors (Lipinski definition) is 4. The van der Waals surface area contributed by atoms with Crippen LogP contribution in [0, 0.1) is 0 Å². The number of benzene rings is 1. The summed E-state index contributed by atoms with van der Waals surface area (Å²) in [6.07, 6.45) is 0.222. The van der Waals surface area contributed by atoms with Crippen LogP contribution in [-0.4, -0.2) is 42.0 Å². The number of ether oxygens (including phenoxy) is 1. The van der Waals surface area contributed by atoms with E-state index in [0.717, 1.165) is 4.90 Å². The normalized spacial score (nSPS) is 13.5. The van der Waals surface area contributed by atoms with Gasteiger partial charge in [-0.15, -0.1) is 11.8 Å². The highest BCUT2D eigenvalue weighted by molar-refractivity contribution is 7.99. The number of methoxy groups -OCH3 is 1. The number of amides is 1. The van der Waals surface area contributed by atoms with E-state index in [0.29, 0.717) is 10.8 Å². The number of rotatable bonds is 8. The Balaban J connectivity index is 2.43. The highest BCUT2D eigenvalue weighted by Gasteiger charge is 2.34. The molecule has 5 nitrogen and oxygen atoms in total. The topological polar surface area (TPSA) is 75.6 Å². The number of halogens is 1. The van der Waals surface area contributed by atoms with E-state index in [9.17, 15) is 9.59 Å². The van der Waals surface area contributed by atoms with Crippen molar-refractivity contribution in [3.05, 3.63) is 29.3 Å². The van der Waals surface area contributed by atoms with Crippen LogP contribution in [0.2, 0.25) is 5.02 Å². The lowest BCUT2D eigenvalue weighted by molar-refractivity contribution is -0.149. The fourth-order valence-electron chi connectivity index (χ4n) is 1.60. The molecule has 0 fully saturated rings. The average Bonchev–Trinajstić information content (AvgIpc) is 2.41. The summed E-state index contributed by atoms with van der Waals surface area (Å²) in [6.45, 7) is 1.33. The first-order chi connectivity index (χ1) is 9.87. The fraction of sp³-hybridized carbons (Fsp3) is 0.429. The number of nitrogens with one attached hydrogen (secondary N) is 1. The molecule has 0 aromatic heterocycles. The Morgan fingerprint density at radius 2 is 2.00 bits per heavy atom. The Morgan fingerprint density at radius 3 is 2.52 bits per heavy atom. The van der Waals surface area contributed by atoms with Crippen LogP contribution < -0.4 is 5.32 Å². The molecule has 21 heavy (non-hydrogen) atoms. The summed E-state index contributed by atoms with van der Waals surface area (Å²) in [6, 6.07) is 7.31.